The van der Waals surface area contributed by atoms with Gasteiger partial charge in [0.15, 0.2) is 0 Å². The van der Waals surface area contributed by atoms with Crippen molar-refractivity contribution in [3.05, 3.63) is 96.1 Å². The van der Waals surface area contributed by atoms with Crippen LogP contribution in [0.3, 0.4) is 0 Å². The van der Waals surface area contributed by atoms with Crippen molar-refractivity contribution in [3.63, 3.8) is 0 Å². The van der Waals surface area contributed by atoms with Gasteiger partial charge in [0.2, 0.25) is 0 Å². The summed E-state index contributed by atoms with van der Waals surface area (Å²) in [5.74, 6) is -1.20. The van der Waals surface area contributed by atoms with Gasteiger partial charge in [0.1, 0.15) is 23.0 Å². The van der Waals surface area contributed by atoms with Crippen LogP contribution in [0.5, 0.6) is 23.0 Å². The standard InChI is InChI=1S/C38H42O10/c1-4-6-7-8-10-13-35(40)45-31-21-17-29(18-22-31)38(43)48-33-24-23-32(26-27(33)3)47-37(42)28-15-19-30(20-16-28)46-36(41)14-11-9-12-25-44-34(39)5-2/h5,15-24,26H,2,4,6-14,25H2,1,3H3. The summed E-state index contributed by atoms with van der Waals surface area (Å²) < 4.78 is 26.6. The van der Waals surface area contributed by atoms with Crippen LogP contribution in [0.25, 0.3) is 0 Å². The van der Waals surface area contributed by atoms with E-state index in [2.05, 4.69) is 13.5 Å². The maximum Gasteiger partial charge on any atom is 0.343 e. The highest BCUT2D eigenvalue weighted by Crippen LogP contribution is 2.26. The van der Waals surface area contributed by atoms with Gasteiger partial charge in [-0.05, 0) is 105 Å². The van der Waals surface area contributed by atoms with Gasteiger partial charge < -0.3 is 23.7 Å². The fourth-order valence-electron chi connectivity index (χ4n) is 4.46. The van der Waals surface area contributed by atoms with E-state index in [4.69, 9.17) is 23.7 Å². The molecule has 3 aromatic rings. The Morgan fingerprint density at radius 3 is 1.62 bits per heavy atom. The van der Waals surface area contributed by atoms with Crippen LogP contribution < -0.4 is 18.9 Å². The lowest BCUT2D eigenvalue weighted by molar-refractivity contribution is -0.138. The Bertz CT molecular complexity index is 1540. The SMILES string of the molecule is C=CC(=O)OCCCCCC(=O)Oc1ccc(C(=O)Oc2ccc(OC(=O)c3ccc(OC(=O)CCCCCCC)cc3)c(C)c2)cc1. The summed E-state index contributed by atoms with van der Waals surface area (Å²) in [6.45, 7) is 7.45. The van der Waals surface area contributed by atoms with Crippen molar-refractivity contribution < 1.29 is 47.7 Å². The minimum absolute atomic E-state index is 0.201. The Morgan fingerprint density at radius 1 is 0.604 bits per heavy atom. The quantitative estimate of drug-likeness (QED) is 0.0542. The molecule has 0 aliphatic rings. The molecule has 0 unspecified atom stereocenters. The highest BCUT2D eigenvalue weighted by molar-refractivity contribution is 5.92. The van der Waals surface area contributed by atoms with Gasteiger partial charge in [-0.3, -0.25) is 9.59 Å². The first-order chi connectivity index (χ1) is 23.2. The third-order valence-corrected chi connectivity index (χ3v) is 7.12. The van der Waals surface area contributed by atoms with Crippen molar-refractivity contribution in [1.29, 1.82) is 0 Å². The van der Waals surface area contributed by atoms with Crippen LogP contribution in [0.2, 0.25) is 0 Å². The summed E-state index contributed by atoms with van der Waals surface area (Å²) in [5.41, 5.74) is 1.10. The lowest BCUT2D eigenvalue weighted by Gasteiger charge is -2.11. The van der Waals surface area contributed by atoms with Gasteiger partial charge in [0.25, 0.3) is 0 Å². The smallest absolute Gasteiger partial charge is 0.343 e. The molecule has 0 spiro atoms. The highest BCUT2D eigenvalue weighted by atomic mass is 16.6. The van der Waals surface area contributed by atoms with Crippen molar-refractivity contribution in [2.45, 2.75) is 78.1 Å². The number of rotatable bonds is 19. The zero-order valence-corrected chi connectivity index (χ0v) is 27.5. The molecule has 48 heavy (non-hydrogen) atoms. The largest absolute Gasteiger partial charge is 0.463 e. The molecule has 0 atom stereocenters. The van der Waals surface area contributed by atoms with Crippen LogP contribution in [0.15, 0.2) is 79.4 Å². The molecular formula is C38H42O10. The number of carbonyl (C=O) groups excluding carboxylic acids is 5. The van der Waals surface area contributed by atoms with E-state index < -0.39 is 23.9 Å². The number of aryl methyl sites for hydroxylation is 1. The molecule has 0 heterocycles. The fourth-order valence-corrected chi connectivity index (χ4v) is 4.46. The Kier molecular flexibility index (Phi) is 15.6. The third-order valence-electron chi connectivity index (χ3n) is 7.12. The van der Waals surface area contributed by atoms with Crippen LogP contribution in [0.4, 0.5) is 0 Å². The molecule has 3 aromatic carbocycles. The molecule has 3 rings (SSSR count). The van der Waals surface area contributed by atoms with Gasteiger partial charge in [-0.25, -0.2) is 14.4 Å². The predicted octanol–water partition coefficient (Wildman–Crippen LogP) is 7.89. The first-order valence-electron chi connectivity index (χ1n) is 16.1. The summed E-state index contributed by atoms with van der Waals surface area (Å²) in [6, 6.07) is 16.8. The minimum Gasteiger partial charge on any atom is -0.463 e. The highest BCUT2D eigenvalue weighted by Gasteiger charge is 2.15. The molecule has 254 valence electrons. The second-order valence-electron chi connectivity index (χ2n) is 11.0. The van der Waals surface area contributed by atoms with Gasteiger partial charge in [-0.1, -0.05) is 39.2 Å². The summed E-state index contributed by atoms with van der Waals surface area (Å²) >= 11 is 0. The topological polar surface area (TPSA) is 132 Å². The Hall–Kier alpha value is -5.25. The molecule has 10 nitrogen and oxygen atoms in total. The third kappa shape index (κ3) is 13.2. The summed E-state index contributed by atoms with van der Waals surface area (Å²) in [6.07, 6.45) is 8.75. The van der Waals surface area contributed by atoms with E-state index >= 15 is 0 Å². The van der Waals surface area contributed by atoms with Crippen LogP contribution in [0, 0.1) is 6.92 Å². The fraction of sp³-hybridized carbons (Fsp3) is 0.342. The van der Waals surface area contributed by atoms with E-state index in [0.717, 1.165) is 38.2 Å². The first kappa shape index (κ1) is 37.2. The number of unbranched alkanes of at least 4 members (excludes halogenated alkanes) is 6. The van der Waals surface area contributed by atoms with Crippen molar-refractivity contribution in [2.75, 3.05) is 6.61 Å². The van der Waals surface area contributed by atoms with Crippen molar-refractivity contribution in [1.82, 2.24) is 0 Å². The van der Waals surface area contributed by atoms with Gasteiger partial charge in [0.05, 0.1) is 17.7 Å². The van der Waals surface area contributed by atoms with Gasteiger partial charge in [0, 0.05) is 18.9 Å². The molecule has 10 heteroatoms. The maximum absolute atomic E-state index is 12.7. The van der Waals surface area contributed by atoms with E-state index in [1.54, 1.807) is 25.1 Å². The van der Waals surface area contributed by atoms with E-state index in [0.29, 0.717) is 48.5 Å². The summed E-state index contributed by atoms with van der Waals surface area (Å²) in [7, 11) is 0. The minimum atomic E-state index is -0.619. The maximum atomic E-state index is 12.7. The Morgan fingerprint density at radius 2 is 1.10 bits per heavy atom. The monoisotopic (exact) mass is 658 g/mol. The normalized spacial score (nSPS) is 10.5. The van der Waals surface area contributed by atoms with Crippen LogP contribution >= 0.6 is 0 Å². The van der Waals surface area contributed by atoms with Crippen molar-refractivity contribution in [3.8, 4) is 23.0 Å². The van der Waals surface area contributed by atoms with Crippen molar-refractivity contribution >= 4 is 29.8 Å². The van der Waals surface area contributed by atoms with E-state index in [9.17, 15) is 24.0 Å². The number of hydrogen-bond acceptors (Lipinski definition) is 10. The number of esters is 5. The second kappa shape index (κ2) is 20.1. The summed E-state index contributed by atoms with van der Waals surface area (Å²) in [4.78, 5) is 60.6. The van der Waals surface area contributed by atoms with Crippen LogP contribution in [-0.2, 0) is 19.1 Å². The molecule has 0 amide bonds. The first-order valence-corrected chi connectivity index (χ1v) is 16.1. The van der Waals surface area contributed by atoms with Gasteiger partial charge in [-0.15, -0.1) is 0 Å². The van der Waals surface area contributed by atoms with Crippen LogP contribution in [-0.4, -0.2) is 36.5 Å². The molecule has 0 bridgehead atoms. The Balaban J connectivity index is 1.43. The average Bonchev–Trinajstić information content (AvgIpc) is 3.07. The molecule has 0 fully saturated rings. The number of benzene rings is 3. The zero-order chi connectivity index (χ0) is 34.7. The van der Waals surface area contributed by atoms with Gasteiger partial charge in [-0.2, -0.15) is 0 Å². The second-order valence-corrected chi connectivity index (χ2v) is 11.0. The van der Waals surface area contributed by atoms with Gasteiger partial charge >= 0.3 is 29.8 Å². The summed E-state index contributed by atoms with van der Waals surface area (Å²) in [5, 5.41) is 0. The average molecular weight is 659 g/mol. The lowest BCUT2D eigenvalue weighted by atomic mass is 10.1. The zero-order valence-electron chi connectivity index (χ0n) is 27.5. The molecule has 0 aliphatic carbocycles. The molecule has 0 saturated carbocycles. The molecule has 0 saturated heterocycles. The molecule has 0 N–H and O–H groups in total. The Labute approximate surface area is 281 Å². The number of hydrogen-bond donors (Lipinski definition) is 0. The van der Waals surface area contributed by atoms with E-state index in [1.807, 2.05) is 0 Å². The molecule has 0 radical (unpaired) electrons. The van der Waals surface area contributed by atoms with E-state index in [-0.39, 0.29) is 35.9 Å². The predicted molar refractivity (Wildman–Crippen MR) is 178 cm³/mol. The molecule has 0 aliphatic heterocycles. The van der Waals surface area contributed by atoms with Crippen molar-refractivity contribution in [2.24, 2.45) is 0 Å². The number of carbonyl (C=O) groups is 5. The lowest BCUT2D eigenvalue weighted by Crippen LogP contribution is -2.11. The molecule has 0 aromatic heterocycles. The van der Waals surface area contributed by atoms with Crippen LogP contribution in [0.1, 0.15) is 97.4 Å². The number of ether oxygens (including phenoxy) is 5. The molecular weight excluding hydrogens is 616 g/mol. The van der Waals surface area contributed by atoms with E-state index in [1.165, 1.54) is 48.5 Å².